The molecule has 1 N–H and O–H groups in total. The topological polar surface area (TPSA) is 28.3 Å². The molecule has 0 bridgehead atoms. The Morgan fingerprint density at radius 1 is 1.14 bits per heavy atom. The molecule has 28 heavy (non-hydrogen) atoms. The Morgan fingerprint density at radius 3 is 2.86 bits per heavy atom. The largest absolute Gasteiger partial charge is 0.497 e. The summed E-state index contributed by atoms with van der Waals surface area (Å²) in [5.74, 6) is 0.889. The molecular formula is C23H21ClN2OS. The average molecular weight is 409 g/mol. The first-order valence-corrected chi connectivity index (χ1v) is 10.6. The number of aromatic amines is 1. The van der Waals surface area contributed by atoms with Gasteiger partial charge >= 0.3 is 0 Å². The summed E-state index contributed by atoms with van der Waals surface area (Å²) in [6.07, 6.45) is 1.04. The molecule has 142 valence electrons. The molecule has 5 rings (SSSR count). The molecule has 0 amide bonds. The first kappa shape index (κ1) is 17.8. The second-order valence-electron chi connectivity index (χ2n) is 7.17. The molecule has 0 spiro atoms. The summed E-state index contributed by atoms with van der Waals surface area (Å²) in [6.45, 7) is 1.89. The second-order valence-corrected chi connectivity index (χ2v) is 8.97. The van der Waals surface area contributed by atoms with Gasteiger partial charge in [-0.3, -0.25) is 4.90 Å². The van der Waals surface area contributed by atoms with Gasteiger partial charge in [0, 0.05) is 34.6 Å². The van der Waals surface area contributed by atoms with Crippen LogP contribution in [0.25, 0.3) is 10.9 Å². The Labute approximate surface area is 173 Å². The van der Waals surface area contributed by atoms with E-state index in [0.717, 1.165) is 29.6 Å². The number of methoxy groups -OCH3 is 1. The van der Waals surface area contributed by atoms with Gasteiger partial charge in [-0.05, 0) is 47.9 Å². The van der Waals surface area contributed by atoms with Gasteiger partial charge in [-0.2, -0.15) is 0 Å². The maximum atomic E-state index is 6.18. The van der Waals surface area contributed by atoms with Gasteiger partial charge in [-0.1, -0.05) is 41.9 Å². The Balaban J connectivity index is 1.63. The number of nitrogens with one attached hydrogen (secondary N) is 1. The van der Waals surface area contributed by atoms with Gasteiger partial charge in [0.15, 0.2) is 0 Å². The van der Waals surface area contributed by atoms with Crippen molar-refractivity contribution in [3.8, 4) is 5.75 Å². The number of fused-ring (bicyclic) bond motifs is 3. The van der Waals surface area contributed by atoms with Crippen LogP contribution in [0.4, 0.5) is 0 Å². The Morgan fingerprint density at radius 2 is 2.04 bits per heavy atom. The van der Waals surface area contributed by atoms with E-state index in [1.165, 1.54) is 32.6 Å². The number of H-pyrrole nitrogens is 1. The number of rotatable bonds is 4. The molecule has 5 heteroatoms. The van der Waals surface area contributed by atoms with E-state index in [0.29, 0.717) is 0 Å². The number of ether oxygens (including phenoxy) is 1. The van der Waals surface area contributed by atoms with Crippen LogP contribution in [0.1, 0.15) is 27.7 Å². The zero-order valence-corrected chi connectivity index (χ0v) is 17.2. The summed E-state index contributed by atoms with van der Waals surface area (Å²) in [4.78, 5) is 7.54. The van der Waals surface area contributed by atoms with Crippen molar-refractivity contribution in [3.05, 3.63) is 86.7 Å². The summed E-state index contributed by atoms with van der Waals surface area (Å²) in [5.41, 5.74) is 5.18. The maximum absolute atomic E-state index is 6.18. The monoisotopic (exact) mass is 408 g/mol. The standard InChI is InChI=1S/C23H21ClN2OS/c1-27-16-6-4-5-15(13-16)23-22-19(18-7-2-3-8-20(18)25-22)11-12-26(23)14-17-9-10-21(24)28-17/h2-10,13,23,25H,11-12,14H2,1H3. The highest BCUT2D eigenvalue weighted by Gasteiger charge is 2.32. The second kappa shape index (κ2) is 7.28. The zero-order valence-electron chi connectivity index (χ0n) is 15.6. The number of benzene rings is 2. The van der Waals surface area contributed by atoms with Gasteiger partial charge < -0.3 is 9.72 Å². The van der Waals surface area contributed by atoms with Gasteiger partial charge in [-0.15, -0.1) is 11.3 Å². The summed E-state index contributed by atoms with van der Waals surface area (Å²) in [7, 11) is 1.72. The van der Waals surface area contributed by atoms with Crippen molar-refractivity contribution in [2.24, 2.45) is 0 Å². The summed E-state index contributed by atoms with van der Waals surface area (Å²) in [6, 6.07) is 21.3. The maximum Gasteiger partial charge on any atom is 0.119 e. The van der Waals surface area contributed by atoms with E-state index in [4.69, 9.17) is 16.3 Å². The summed E-state index contributed by atoms with van der Waals surface area (Å²) >= 11 is 7.84. The van der Waals surface area contributed by atoms with Crippen LogP contribution in [0.15, 0.2) is 60.7 Å². The fourth-order valence-electron chi connectivity index (χ4n) is 4.29. The van der Waals surface area contributed by atoms with Crippen molar-refractivity contribution >= 4 is 33.8 Å². The molecule has 2 aromatic carbocycles. The van der Waals surface area contributed by atoms with E-state index in [1.807, 2.05) is 12.1 Å². The Bertz CT molecular complexity index is 1130. The molecule has 0 saturated heterocycles. The Kier molecular flexibility index (Phi) is 4.63. The lowest BCUT2D eigenvalue weighted by atomic mass is 9.92. The van der Waals surface area contributed by atoms with E-state index in [-0.39, 0.29) is 6.04 Å². The highest BCUT2D eigenvalue weighted by Crippen LogP contribution is 2.40. The zero-order chi connectivity index (χ0) is 19.1. The molecule has 0 aliphatic carbocycles. The van der Waals surface area contributed by atoms with E-state index in [2.05, 4.69) is 58.4 Å². The fraction of sp³-hybridized carbons (Fsp3) is 0.217. The van der Waals surface area contributed by atoms with Crippen molar-refractivity contribution < 1.29 is 4.74 Å². The number of thiophene rings is 1. The van der Waals surface area contributed by atoms with Crippen molar-refractivity contribution in [3.63, 3.8) is 0 Å². The number of para-hydroxylation sites is 1. The van der Waals surface area contributed by atoms with Gasteiger partial charge in [0.2, 0.25) is 0 Å². The van der Waals surface area contributed by atoms with Gasteiger partial charge in [-0.25, -0.2) is 0 Å². The molecule has 2 aromatic heterocycles. The summed E-state index contributed by atoms with van der Waals surface area (Å²) < 4.78 is 6.35. The number of aromatic nitrogens is 1. The third kappa shape index (κ3) is 3.12. The molecule has 0 fully saturated rings. The van der Waals surface area contributed by atoms with Crippen LogP contribution < -0.4 is 4.74 Å². The van der Waals surface area contributed by atoms with Crippen LogP contribution in [0.5, 0.6) is 5.75 Å². The first-order chi connectivity index (χ1) is 13.7. The first-order valence-electron chi connectivity index (χ1n) is 9.44. The molecular weight excluding hydrogens is 388 g/mol. The minimum absolute atomic E-state index is 0.159. The van der Waals surface area contributed by atoms with Crippen LogP contribution >= 0.6 is 22.9 Å². The normalized spacial score (nSPS) is 17.0. The van der Waals surface area contributed by atoms with Crippen molar-refractivity contribution in [1.29, 1.82) is 0 Å². The summed E-state index contributed by atoms with van der Waals surface area (Å²) in [5, 5.41) is 1.34. The molecule has 1 aliphatic rings. The lowest BCUT2D eigenvalue weighted by Gasteiger charge is -2.36. The fourth-order valence-corrected chi connectivity index (χ4v) is 5.40. The molecule has 1 unspecified atom stereocenters. The lowest BCUT2D eigenvalue weighted by molar-refractivity contribution is 0.203. The van der Waals surface area contributed by atoms with Crippen LogP contribution in [0.3, 0.4) is 0 Å². The molecule has 0 saturated carbocycles. The molecule has 1 atom stereocenters. The van der Waals surface area contributed by atoms with Crippen LogP contribution in [0.2, 0.25) is 4.34 Å². The highest BCUT2D eigenvalue weighted by molar-refractivity contribution is 7.16. The van der Waals surface area contributed by atoms with Gasteiger partial charge in [0.1, 0.15) is 5.75 Å². The van der Waals surface area contributed by atoms with E-state index < -0.39 is 0 Å². The van der Waals surface area contributed by atoms with Crippen LogP contribution in [-0.2, 0) is 13.0 Å². The van der Waals surface area contributed by atoms with E-state index in [1.54, 1.807) is 18.4 Å². The van der Waals surface area contributed by atoms with E-state index >= 15 is 0 Å². The number of hydrogen-bond acceptors (Lipinski definition) is 3. The van der Waals surface area contributed by atoms with Crippen molar-refractivity contribution in [2.45, 2.75) is 19.0 Å². The number of halogens is 1. The number of nitrogens with zero attached hydrogens (tertiary/aromatic N) is 1. The third-order valence-electron chi connectivity index (χ3n) is 5.53. The highest BCUT2D eigenvalue weighted by atomic mass is 35.5. The van der Waals surface area contributed by atoms with Gasteiger partial charge in [0.05, 0.1) is 17.5 Å². The Hall–Kier alpha value is -2.27. The molecule has 4 aromatic rings. The minimum Gasteiger partial charge on any atom is -0.497 e. The smallest absolute Gasteiger partial charge is 0.119 e. The lowest BCUT2D eigenvalue weighted by Crippen LogP contribution is -2.35. The quantitative estimate of drug-likeness (QED) is 0.446. The molecule has 1 aliphatic heterocycles. The van der Waals surface area contributed by atoms with E-state index in [9.17, 15) is 0 Å². The third-order valence-corrected chi connectivity index (χ3v) is 6.75. The minimum atomic E-state index is 0.159. The van der Waals surface area contributed by atoms with Crippen LogP contribution in [0, 0.1) is 0 Å². The van der Waals surface area contributed by atoms with Crippen molar-refractivity contribution in [2.75, 3.05) is 13.7 Å². The van der Waals surface area contributed by atoms with Crippen LogP contribution in [-0.4, -0.2) is 23.5 Å². The predicted octanol–water partition coefficient (Wildman–Crippen LogP) is 6.04. The van der Waals surface area contributed by atoms with Gasteiger partial charge in [0.25, 0.3) is 0 Å². The predicted molar refractivity (Wildman–Crippen MR) is 117 cm³/mol. The SMILES string of the molecule is COc1cccc(C2c3[nH]c4ccccc4c3CCN2Cc2ccc(Cl)s2)c1. The number of hydrogen-bond donors (Lipinski definition) is 1. The molecule has 3 nitrogen and oxygen atoms in total. The molecule has 0 radical (unpaired) electrons. The molecule has 3 heterocycles. The average Bonchev–Trinajstić information content (AvgIpc) is 3.30. The van der Waals surface area contributed by atoms with Crippen molar-refractivity contribution in [1.82, 2.24) is 9.88 Å².